The molecule has 0 radical (unpaired) electrons. The van der Waals surface area contributed by atoms with E-state index in [2.05, 4.69) is 56.4 Å². The fraction of sp³-hybridized carbons (Fsp3) is 0.364. The largest absolute Gasteiger partial charge is 0.545 e. The molecule has 0 aliphatic carbocycles. The highest BCUT2D eigenvalue weighted by molar-refractivity contribution is 8.76. The van der Waals surface area contributed by atoms with Crippen LogP contribution in [0, 0.1) is 0 Å². The molecule has 0 saturated heterocycles. The maximum Gasteiger partial charge on any atom is 0.0715 e. The van der Waals surface area contributed by atoms with Gasteiger partial charge in [0.25, 0.3) is 0 Å². The van der Waals surface area contributed by atoms with Crippen molar-refractivity contribution in [3.63, 3.8) is 0 Å². The molecule has 0 amide bonds. The molecule has 0 N–H and O–H groups in total. The van der Waals surface area contributed by atoms with E-state index in [4.69, 9.17) is 0 Å². The Balaban J connectivity index is 0.000000702. The van der Waals surface area contributed by atoms with E-state index in [0.717, 1.165) is 18.8 Å². The first-order valence-electron chi connectivity index (χ1n) is 9.11. The van der Waals surface area contributed by atoms with Crippen LogP contribution in [0.15, 0.2) is 58.3 Å². The minimum Gasteiger partial charge on any atom is -0.545 e. The number of hydrogen-bond donors (Lipinski definition) is 0. The Morgan fingerprint density at radius 1 is 0.567 bits per heavy atom. The van der Waals surface area contributed by atoms with Crippen LogP contribution in [0.5, 0.6) is 0 Å². The second kappa shape index (κ2) is 12.6. The monoisotopic (exact) mass is 452 g/mol. The van der Waals surface area contributed by atoms with Crippen molar-refractivity contribution in [2.75, 3.05) is 56.4 Å². The fourth-order valence-electron chi connectivity index (χ4n) is 1.39. The Kier molecular flexibility index (Phi) is 11.8. The number of nitrogens with zero attached hydrogens (tertiary/aromatic N) is 2. The summed E-state index contributed by atoms with van der Waals surface area (Å²) in [4.78, 5) is 23.0. The third-order valence-electron chi connectivity index (χ3n) is 2.41. The zero-order valence-corrected chi connectivity index (χ0v) is 20.6. The maximum atomic E-state index is 10.6. The quantitative estimate of drug-likeness (QED) is 0.509. The number of carbonyl (C=O) groups excluding carboxylic acids is 2. The minimum absolute atomic E-state index is 0.137. The van der Waals surface area contributed by atoms with E-state index in [1.54, 1.807) is 24.3 Å². The molecule has 166 valence electrons. The van der Waals surface area contributed by atoms with Crippen LogP contribution < -0.4 is 10.2 Å². The van der Waals surface area contributed by atoms with E-state index in [9.17, 15) is 19.8 Å². The van der Waals surface area contributed by atoms with E-state index in [1.165, 1.54) is 45.9 Å². The van der Waals surface area contributed by atoms with E-state index < -0.39 is 11.9 Å². The Hall–Kier alpha value is -2.00. The summed E-state index contributed by atoms with van der Waals surface area (Å²) in [5, 5.41) is 21.2. The topological polar surface area (TPSA) is 80.3 Å². The van der Waals surface area contributed by atoms with Crippen LogP contribution in [0.4, 0.5) is 0 Å². The van der Waals surface area contributed by atoms with Gasteiger partial charge in [-0.15, -0.1) is 0 Å². The molecule has 2 aromatic rings. The molecule has 0 bridgehead atoms. The predicted octanol–water partition coefficient (Wildman–Crippen LogP) is 1.86. The molecule has 0 fully saturated rings. The Morgan fingerprint density at radius 3 is 0.933 bits per heavy atom. The molecule has 30 heavy (non-hydrogen) atoms. The maximum absolute atomic E-state index is 10.6. The standard InChI is InChI=1S/C14H10O4S2.2C4H12N/c15-13(16)9-1-5-11(6-2-9)19-20-12-7-3-10(4-8-12)14(17)18;2*1-5(2,3)4/h1-8H,(H,15,16)(H,17,18);2*1-4H3/q;2*+1/p-2. The second-order valence-electron chi connectivity index (χ2n) is 9.16. The summed E-state index contributed by atoms with van der Waals surface area (Å²) >= 11 is 0. The van der Waals surface area contributed by atoms with Gasteiger partial charge in [0.15, 0.2) is 0 Å². The van der Waals surface area contributed by atoms with Crippen molar-refractivity contribution in [1.29, 1.82) is 0 Å². The van der Waals surface area contributed by atoms with Crippen LogP contribution >= 0.6 is 21.6 Å². The van der Waals surface area contributed by atoms with Gasteiger partial charge in [-0.25, -0.2) is 0 Å². The number of carboxylic acids is 2. The molecule has 0 saturated carbocycles. The van der Waals surface area contributed by atoms with Crippen molar-refractivity contribution in [1.82, 2.24) is 0 Å². The molecule has 0 unspecified atom stereocenters. The highest BCUT2D eigenvalue weighted by atomic mass is 33.1. The van der Waals surface area contributed by atoms with E-state index >= 15 is 0 Å². The lowest BCUT2D eigenvalue weighted by atomic mass is 10.2. The molecule has 8 heteroatoms. The number of hydrogen-bond acceptors (Lipinski definition) is 6. The lowest BCUT2D eigenvalue weighted by Crippen LogP contribution is -2.27. The predicted molar refractivity (Wildman–Crippen MR) is 121 cm³/mol. The highest BCUT2D eigenvalue weighted by Gasteiger charge is 2.00. The normalized spacial score (nSPS) is 10.8. The van der Waals surface area contributed by atoms with Crippen molar-refractivity contribution in [2.45, 2.75) is 9.79 Å². The van der Waals surface area contributed by atoms with Crippen LogP contribution in [0.3, 0.4) is 0 Å². The van der Waals surface area contributed by atoms with Crippen molar-refractivity contribution in [2.24, 2.45) is 0 Å². The molecule has 0 spiro atoms. The first-order chi connectivity index (χ1) is 13.6. The highest BCUT2D eigenvalue weighted by Crippen LogP contribution is 2.37. The van der Waals surface area contributed by atoms with Gasteiger partial charge in [0, 0.05) is 9.79 Å². The summed E-state index contributed by atoms with van der Waals surface area (Å²) in [5.41, 5.74) is 0.273. The van der Waals surface area contributed by atoms with E-state index in [0.29, 0.717) is 0 Å². The molecule has 0 aromatic heterocycles. The summed E-state index contributed by atoms with van der Waals surface area (Å²) in [6.45, 7) is 0. The van der Waals surface area contributed by atoms with Crippen LogP contribution in [-0.4, -0.2) is 77.3 Å². The molecule has 2 aromatic carbocycles. The molecule has 2 rings (SSSR count). The number of carboxylic acid groups (broad SMARTS) is 2. The zero-order chi connectivity index (χ0) is 23.5. The van der Waals surface area contributed by atoms with Gasteiger partial charge in [0.2, 0.25) is 0 Å². The molecular formula is C22H32N2O4S2. The van der Waals surface area contributed by atoms with Gasteiger partial charge in [-0.2, -0.15) is 0 Å². The van der Waals surface area contributed by atoms with Gasteiger partial charge in [-0.05, 0) is 35.4 Å². The summed E-state index contributed by atoms with van der Waals surface area (Å²) in [7, 11) is 19.9. The summed E-state index contributed by atoms with van der Waals surface area (Å²) < 4.78 is 2.00. The third kappa shape index (κ3) is 16.9. The van der Waals surface area contributed by atoms with Crippen LogP contribution in [-0.2, 0) is 0 Å². The van der Waals surface area contributed by atoms with E-state index in [-0.39, 0.29) is 11.1 Å². The second-order valence-corrected chi connectivity index (χ2v) is 11.4. The smallest absolute Gasteiger partial charge is 0.0715 e. The number of carbonyl (C=O) groups is 2. The van der Waals surface area contributed by atoms with Crippen LogP contribution in [0.2, 0.25) is 0 Å². The van der Waals surface area contributed by atoms with Crippen molar-refractivity contribution < 1.29 is 28.8 Å². The molecule has 6 nitrogen and oxygen atoms in total. The van der Waals surface area contributed by atoms with Crippen LogP contribution in [0.1, 0.15) is 20.7 Å². The van der Waals surface area contributed by atoms with Crippen molar-refractivity contribution >= 4 is 33.5 Å². The molecule has 0 aliphatic rings. The molecule has 0 heterocycles. The lowest BCUT2D eigenvalue weighted by Gasteiger charge is -2.14. The number of quaternary nitrogens is 2. The molecular weight excluding hydrogens is 420 g/mol. The number of rotatable bonds is 5. The molecule has 0 aliphatic heterocycles. The van der Waals surface area contributed by atoms with Gasteiger partial charge in [-0.1, -0.05) is 45.9 Å². The fourth-order valence-corrected chi connectivity index (χ4v) is 3.32. The Labute approximate surface area is 188 Å². The van der Waals surface area contributed by atoms with Crippen LogP contribution in [0.25, 0.3) is 0 Å². The average Bonchev–Trinajstić information content (AvgIpc) is 2.58. The first kappa shape index (κ1) is 28.0. The van der Waals surface area contributed by atoms with E-state index in [1.807, 2.05) is 0 Å². The summed E-state index contributed by atoms with van der Waals surface area (Å²) in [6, 6.07) is 12.7. The number of benzene rings is 2. The van der Waals surface area contributed by atoms with Gasteiger partial charge in [0.1, 0.15) is 0 Å². The first-order valence-corrected chi connectivity index (χ1v) is 11.3. The molecule has 0 atom stereocenters. The summed E-state index contributed by atoms with van der Waals surface area (Å²) in [5.74, 6) is -2.40. The van der Waals surface area contributed by atoms with Gasteiger partial charge in [0.05, 0.1) is 68.3 Å². The van der Waals surface area contributed by atoms with Crippen molar-refractivity contribution in [3.05, 3.63) is 59.7 Å². The zero-order valence-electron chi connectivity index (χ0n) is 19.0. The average molecular weight is 453 g/mol. The van der Waals surface area contributed by atoms with Crippen molar-refractivity contribution in [3.8, 4) is 0 Å². The van der Waals surface area contributed by atoms with Gasteiger partial charge in [-0.3, -0.25) is 0 Å². The Bertz CT molecular complexity index is 712. The van der Waals surface area contributed by atoms with Gasteiger partial charge >= 0.3 is 0 Å². The summed E-state index contributed by atoms with van der Waals surface area (Å²) in [6.07, 6.45) is 0. The SMILES string of the molecule is C[N+](C)(C)C.C[N+](C)(C)C.O=C([O-])c1ccc(SSc2ccc(C(=O)[O-])cc2)cc1. The minimum atomic E-state index is -1.20. The third-order valence-corrected chi connectivity index (χ3v) is 4.83. The Morgan fingerprint density at radius 2 is 0.767 bits per heavy atom. The number of aromatic carboxylic acids is 2. The van der Waals surface area contributed by atoms with Gasteiger partial charge < -0.3 is 28.8 Å². The lowest BCUT2D eigenvalue weighted by molar-refractivity contribution is -0.849.